The quantitative estimate of drug-likeness (QED) is 0.488. The standard InChI is InChI=1S/C8H11NO3/c1-11-4-2-3-8-9-7(5-10)6-12-8/h5-6H,2-4H2,1H3. The lowest BCUT2D eigenvalue weighted by atomic mass is 10.3. The fraction of sp³-hybridized carbons (Fsp3) is 0.500. The molecule has 1 aromatic heterocycles. The van der Waals surface area contributed by atoms with Gasteiger partial charge in [0.2, 0.25) is 0 Å². The van der Waals surface area contributed by atoms with Crippen LogP contribution in [-0.2, 0) is 11.2 Å². The molecule has 0 saturated carbocycles. The second-order valence-corrected chi connectivity index (χ2v) is 2.38. The van der Waals surface area contributed by atoms with Gasteiger partial charge in [-0.05, 0) is 6.42 Å². The van der Waals surface area contributed by atoms with E-state index in [9.17, 15) is 4.79 Å². The van der Waals surface area contributed by atoms with Crippen LogP contribution in [0.25, 0.3) is 0 Å². The van der Waals surface area contributed by atoms with Crippen molar-refractivity contribution in [3.8, 4) is 0 Å². The van der Waals surface area contributed by atoms with Gasteiger partial charge in [0.25, 0.3) is 0 Å². The Labute approximate surface area is 70.5 Å². The molecule has 0 aromatic carbocycles. The molecule has 0 N–H and O–H groups in total. The lowest BCUT2D eigenvalue weighted by Gasteiger charge is -1.93. The average molecular weight is 169 g/mol. The zero-order chi connectivity index (χ0) is 8.81. The van der Waals surface area contributed by atoms with Crippen LogP contribution >= 0.6 is 0 Å². The molecule has 0 aliphatic rings. The largest absolute Gasteiger partial charge is 0.448 e. The van der Waals surface area contributed by atoms with Crippen LogP contribution in [0.1, 0.15) is 22.8 Å². The number of hydrogen-bond acceptors (Lipinski definition) is 4. The molecule has 0 saturated heterocycles. The van der Waals surface area contributed by atoms with E-state index in [0.717, 1.165) is 6.42 Å². The first-order chi connectivity index (χ1) is 5.86. The molecule has 0 unspecified atom stereocenters. The number of aromatic nitrogens is 1. The SMILES string of the molecule is COCCCc1nc(C=O)co1. The van der Waals surface area contributed by atoms with Gasteiger partial charge in [-0.15, -0.1) is 0 Å². The predicted octanol–water partition coefficient (Wildman–Crippen LogP) is 1.07. The van der Waals surface area contributed by atoms with Crippen LogP contribution in [0.2, 0.25) is 0 Å². The summed E-state index contributed by atoms with van der Waals surface area (Å²) in [6.45, 7) is 0.679. The fourth-order valence-electron chi connectivity index (χ4n) is 0.862. The van der Waals surface area contributed by atoms with Crippen LogP contribution < -0.4 is 0 Å². The van der Waals surface area contributed by atoms with E-state index in [1.165, 1.54) is 6.26 Å². The number of nitrogens with zero attached hydrogens (tertiary/aromatic N) is 1. The molecule has 0 fully saturated rings. The molecular weight excluding hydrogens is 158 g/mol. The summed E-state index contributed by atoms with van der Waals surface area (Å²) in [5.74, 6) is 0.592. The van der Waals surface area contributed by atoms with Gasteiger partial charge in [0, 0.05) is 20.1 Å². The number of aldehydes is 1. The summed E-state index contributed by atoms with van der Waals surface area (Å²) in [6.07, 6.45) is 3.59. The van der Waals surface area contributed by atoms with Crippen molar-refractivity contribution in [2.45, 2.75) is 12.8 Å². The summed E-state index contributed by atoms with van der Waals surface area (Å²) in [7, 11) is 1.65. The first-order valence-electron chi connectivity index (χ1n) is 3.75. The van der Waals surface area contributed by atoms with Gasteiger partial charge in [-0.1, -0.05) is 0 Å². The van der Waals surface area contributed by atoms with Gasteiger partial charge in [-0.2, -0.15) is 0 Å². The van der Waals surface area contributed by atoms with Crippen molar-refractivity contribution in [1.82, 2.24) is 4.98 Å². The zero-order valence-corrected chi connectivity index (χ0v) is 6.95. The molecule has 0 bridgehead atoms. The van der Waals surface area contributed by atoms with Crippen LogP contribution in [0.3, 0.4) is 0 Å². The van der Waals surface area contributed by atoms with Crippen LogP contribution in [0.4, 0.5) is 0 Å². The molecule has 0 spiro atoms. The van der Waals surface area contributed by atoms with Gasteiger partial charge in [0.15, 0.2) is 12.2 Å². The molecule has 0 radical (unpaired) electrons. The zero-order valence-electron chi connectivity index (χ0n) is 6.95. The second kappa shape index (κ2) is 4.66. The monoisotopic (exact) mass is 169 g/mol. The van der Waals surface area contributed by atoms with Gasteiger partial charge in [0.05, 0.1) is 0 Å². The molecule has 1 heterocycles. The van der Waals surface area contributed by atoms with Crippen molar-refractivity contribution in [1.29, 1.82) is 0 Å². The molecule has 4 heteroatoms. The van der Waals surface area contributed by atoms with Crippen molar-refractivity contribution in [2.24, 2.45) is 0 Å². The smallest absolute Gasteiger partial charge is 0.194 e. The average Bonchev–Trinajstić information content (AvgIpc) is 2.53. The minimum Gasteiger partial charge on any atom is -0.448 e. The molecule has 0 aliphatic heterocycles. The first kappa shape index (κ1) is 8.93. The van der Waals surface area contributed by atoms with E-state index in [-0.39, 0.29) is 0 Å². The molecule has 0 amide bonds. The maximum atomic E-state index is 10.2. The number of hydrogen-bond donors (Lipinski definition) is 0. The molecule has 66 valence electrons. The highest BCUT2D eigenvalue weighted by molar-refractivity contribution is 5.70. The predicted molar refractivity (Wildman–Crippen MR) is 42.1 cm³/mol. The Morgan fingerprint density at radius 1 is 1.75 bits per heavy atom. The molecule has 4 nitrogen and oxygen atoms in total. The van der Waals surface area contributed by atoms with Crippen LogP contribution in [0.15, 0.2) is 10.7 Å². The highest BCUT2D eigenvalue weighted by atomic mass is 16.5. The molecule has 0 aliphatic carbocycles. The number of rotatable bonds is 5. The topological polar surface area (TPSA) is 52.3 Å². The van der Waals surface area contributed by atoms with E-state index in [4.69, 9.17) is 9.15 Å². The van der Waals surface area contributed by atoms with E-state index in [0.29, 0.717) is 30.9 Å². The molecular formula is C8H11NO3. The third-order valence-electron chi connectivity index (χ3n) is 1.43. The maximum absolute atomic E-state index is 10.2. The minimum absolute atomic E-state index is 0.349. The Balaban J connectivity index is 2.36. The van der Waals surface area contributed by atoms with Crippen molar-refractivity contribution in [2.75, 3.05) is 13.7 Å². The van der Waals surface area contributed by atoms with Gasteiger partial charge >= 0.3 is 0 Å². The molecule has 1 rings (SSSR count). The summed E-state index contributed by atoms with van der Waals surface area (Å²) in [5, 5.41) is 0. The van der Waals surface area contributed by atoms with E-state index >= 15 is 0 Å². The van der Waals surface area contributed by atoms with Crippen molar-refractivity contribution in [3.05, 3.63) is 17.8 Å². The Kier molecular flexibility index (Phi) is 3.47. The van der Waals surface area contributed by atoms with Crippen LogP contribution in [-0.4, -0.2) is 25.0 Å². The normalized spacial score (nSPS) is 10.1. The van der Waals surface area contributed by atoms with Crippen LogP contribution in [0, 0.1) is 0 Å². The molecule has 0 atom stereocenters. The number of carbonyl (C=O) groups is 1. The summed E-state index contributed by atoms with van der Waals surface area (Å²) in [5.41, 5.74) is 0.349. The van der Waals surface area contributed by atoms with E-state index in [1.54, 1.807) is 7.11 Å². The summed E-state index contributed by atoms with van der Waals surface area (Å²) >= 11 is 0. The third-order valence-corrected chi connectivity index (χ3v) is 1.43. The maximum Gasteiger partial charge on any atom is 0.194 e. The highest BCUT2D eigenvalue weighted by Gasteiger charge is 2.01. The molecule has 1 aromatic rings. The number of carbonyl (C=O) groups excluding carboxylic acids is 1. The number of ether oxygens (including phenoxy) is 1. The lowest BCUT2D eigenvalue weighted by molar-refractivity contribution is 0.111. The van der Waals surface area contributed by atoms with Gasteiger partial charge < -0.3 is 9.15 Å². The Morgan fingerprint density at radius 3 is 3.17 bits per heavy atom. The van der Waals surface area contributed by atoms with Gasteiger partial charge in [0.1, 0.15) is 12.0 Å². The Hall–Kier alpha value is -1.16. The van der Waals surface area contributed by atoms with E-state index < -0.39 is 0 Å². The second-order valence-electron chi connectivity index (χ2n) is 2.38. The highest BCUT2D eigenvalue weighted by Crippen LogP contribution is 2.02. The number of methoxy groups -OCH3 is 1. The minimum atomic E-state index is 0.349. The van der Waals surface area contributed by atoms with E-state index in [1.807, 2.05) is 0 Å². The first-order valence-corrected chi connectivity index (χ1v) is 3.75. The summed E-state index contributed by atoms with van der Waals surface area (Å²) in [4.78, 5) is 14.1. The Morgan fingerprint density at radius 2 is 2.58 bits per heavy atom. The van der Waals surface area contributed by atoms with Crippen LogP contribution in [0.5, 0.6) is 0 Å². The Bertz CT molecular complexity index is 244. The van der Waals surface area contributed by atoms with E-state index in [2.05, 4.69) is 4.98 Å². The number of aryl methyl sites for hydroxylation is 1. The number of oxazole rings is 1. The van der Waals surface area contributed by atoms with Crippen molar-refractivity contribution >= 4 is 6.29 Å². The van der Waals surface area contributed by atoms with Crippen molar-refractivity contribution in [3.63, 3.8) is 0 Å². The van der Waals surface area contributed by atoms with Crippen molar-refractivity contribution < 1.29 is 13.9 Å². The summed E-state index contributed by atoms with van der Waals surface area (Å²) in [6, 6.07) is 0. The summed E-state index contributed by atoms with van der Waals surface area (Å²) < 4.78 is 9.86. The lowest BCUT2D eigenvalue weighted by Crippen LogP contribution is -1.92. The third kappa shape index (κ3) is 2.47. The fourth-order valence-corrected chi connectivity index (χ4v) is 0.862. The molecule has 12 heavy (non-hydrogen) atoms. The van der Waals surface area contributed by atoms with Gasteiger partial charge in [-0.3, -0.25) is 4.79 Å². The van der Waals surface area contributed by atoms with Gasteiger partial charge in [-0.25, -0.2) is 4.98 Å².